The Labute approximate surface area is 254 Å². The van der Waals surface area contributed by atoms with Crippen molar-refractivity contribution < 1.29 is 32.9 Å². The summed E-state index contributed by atoms with van der Waals surface area (Å²) in [7, 11) is 3.21. The van der Waals surface area contributed by atoms with Gasteiger partial charge in [0.25, 0.3) is 0 Å². The topological polar surface area (TPSA) is 87.9 Å². The van der Waals surface area contributed by atoms with Crippen LogP contribution in [-0.2, 0) is 19.1 Å². The maximum atomic E-state index is 13.5. The molecule has 2 aromatic heterocycles. The van der Waals surface area contributed by atoms with E-state index in [2.05, 4.69) is 14.3 Å². The molecule has 0 saturated heterocycles. The second kappa shape index (κ2) is 13.2. The Morgan fingerprint density at radius 1 is 0.953 bits per heavy atom. The van der Waals surface area contributed by atoms with Crippen molar-refractivity contribution in [2.75, 3.05) is 25.1 Å². The van der Waals surface area contributed by atoms with Gasteiger partial charge in [0.05, 0.1) is 44.7 Å². The number of hydrogen-bond donors (Lipinski definition) is 2. The molecule has 5 aromatic rings. The summed E-state index contributed by atoms with van der Waals surface area (Å²) in [6.45, 7) is -0.0791. The summed E-state index contributed by atoms with van der Waals surface area (Å²) in [5.74, 6) is 1.38. The fraction of sp³-hybridized carbons (Fsp3) is 0.226. The summed E-state index contributed by atoms with van der Waals surface area (Å²) in [4.78, 5) is 9.93. The van der Waals surface area contributed by atoms with Crippen LogP contribution in [0, 0.1) is 0 Å². The third-order valence-electron chi connectivity index (χ3n) is 6.75. The van der Waals surface area contributed by atoms with Gasteiger partial charge in [-0.3, -0.25) is 9.29 Å². The molecule has 0 fully saturated rings. The first-order valence-corrected chi connectivity index (χ1v) is 14.8. The first-order chi connectivity index (χ1) is 20.7. The minimum Gasteiger partial charge on any atom is -0.497 e. The van der Waals surface area contributed by atoms with Crippen LogP contribution in [0.2, 0.25) is 0 Å². The largest absolute Gasteiger partial charge is 0.497 e. The Kier molecular flexibility index (Phi) is 9.40. The molecule has 0 amide bonds. The molecule has 1 atom stereocenters. The summed E-state index contributed by atoms with van der Waals surface area (Å²) in [6, 6.07) is 16.7. The first kappa shape index (κ1) is 30.6. The minimum atomic E-state index is -4.55. The molecule has 0 saturated carbocycles. The zero-order chi connectivity index (χ0) is 30.6. The highest BCUT2D eigenvalue weighted by Crippen LogP contribution is 2.39. The number of ether oxygens (including phenoxy) is 2. The number of benzene rings is 3. The predicted molar refractivity (Wildman–Crippen MR) is 163 cm³/mol. The fourth-order valence-corrected chi connectivity index (χ4v) is 6.34. The Bertz CT molecular complexity index is 1700. The van der Waals surface area contributed by atoms with E-state index in [-0.39, 0.29) is 12.0 Å². The lowest BCUT2D eigenvalue weighted by molar-refractivity contribution is -0.137. The maximum Gasteiger partial charge on any atom is 0.416 e. The van der Waals surface area contributed by atoms with Crippen LogP contribution < -0.4 is 13.8 Å². The molecule has 2 N–H and O–H groups in total. The van der Waals surface area contributed by atoms with Gasteiger partial charge in [0, 0.05) is 51.7 Å². The zero-order valence-electron chi connectivity index (χ0n) is 23.2. The van der Waals surface area contributed by atoms with Gasteiger partial charge in [0.1, 0.15) is 11.5 Å². The quantitative estimate of drug-likeness (QED) is 0.151. The van der Waals surface area contributed by atoms with Gasteiger partial charge >= 0.3 is 6.18 Å². The number of halogens is 3. The number of thiazole rings is 1. The number of aliphatic hydroxyl groups is 2. The highest BCUT2D eigenvalue weighted by Gasteiger charge is 2.31. The Morgan fingerprint density at radius 2 is 1.79 bits per heavy atom. The molecule has 0 aliphatic carbocycles. The van der Waals surface area contributed by atoms with Crippen molar-refractivity contribution >= 4 is 39.2 Å². The number of aliphatic hydroxyl groups excluding tert-OH is 2. The molecule has 7 nitrogen and oxygen atoms in total. The van der Waals surface area contributed by atoms with Crippen molar-refractivity contribution in [3.63, 3.8) is 0 Å². The summed E-state index contributed by atoms with van der Waals surface area (Å²) >= 11 is 3.00. The normalized spacial score (nSPS) is 12.3. The zero-order valence-corrected chi connectivity index (χ0v) is 24.8. The van der Waals surface area contributed by atoms with Gasteiger partial charge in [-0.25, -0.2) is 4.98 Å². The van der Waals surface area contributed by atoms with Crippen LogP contribution >= 0.6 is 23.3 Å². The van der Waals surface area contributed by atoms with Crippen molar-refractivity contribution in [2.45, 2.75) is 30.1 Å². The van der Waals surface area contributed by atoms with Gasteiger partial charge in [-0.15, -0.1) is 11.3 Å². The Hall–Kier alpha value is -3.84. The third-order valence-corrected chi connectivity index (χ3v) is 8.64. The van der Waals surface area contributed by atoms with Crippen LogP contribution in [-0.4, -0.2) is 47.1 Å². The molecular weight excluding hydrogens is 599 g/mol. The van der Waals surface area contributed by atoms with Crippen molar-refractivity contribution in [3.05, 3.63) is 95.1 Å². The monoisotopic (exact) mass is 627 g/mol. The van der Waals surface area contributed by atoms with E-state index >= 15 is 0 Å². The van der Waals surface area contributed by atoms with E-state index in [1.165, 1.54) is 29.4 Å². The SMILES string of the molecule is COc1ccc(CN(Sc2ccc3c(-c4ccc(C(F)(F)F)cc4CC(O)CO)nccc3c2)c2nccs2)c(OC)c1. The molecule has 0 aliphatic heterocycles. The smallest absolute Gasteiger partial charge is 0.416 e. The number of pyridine rings is 1. The number of hydrogen-bond acceptors (Lipinski definition) is 9. The molecule has 0 spiro atoms. The molecule has 43 heavy (non-hydrogen) atoms. The average molecular weight is 628 g/mol. The highest BCUT2D eigenvalue weighted by molar-refractivity contribution is 8.00. The van der Waals surface area contributed by atoms with E-state index in [0.29, 0.717) is 29.3 Å². The summed E-state index contributed by atoms with van der Waals surface area (Å²) in [6.07, 6.45) is -2.56. The van der Waals surface area contributed by atoms with Crippen molar-refractivity contribution in [2.24, 2.45) is 0 Å². The second-order valence-corrected chi connectivity index (χ2v) is 11.5. The van der Waals surface area contributed by atoms with Gasteiger partial charge in [-0.1, -0.05) is 12.1 Å². The Morgan fingerprint density at radius 3 is 2.49 bits per heavy atom. The fourth-order valence-electron chi connectivity index (χ4n) is 4.66. The number of alkyl halides is 3. The summed E-state index contributed by atoms with van der Waals surface area (Å²) < 4.78 is 53.5. The molecule has 1 unspecified atom stereocenters. The van der Waals surface area contributed by atoms with E-state index in [1.54, 1.807) is 26.6 Å². The van der Waals surface area contributed by atoms with E-state index < -0.39 is 24.5 Å². The Balaban J connectivity index is 1.50. The second-order valence-electron chi connectivity index (χ2n) is 9.57. The van der Waals surface area contributed by atoms with E-state index in [9.17, 15) is 23.4 Å². The molecular formula is C31H28F3N3O4S2. The summed E-state index contributed by atoms with van der Waals surface area (Å²) in [5.41, 5.74) is 1.31. The lowest BCUT2D eigenvalue weighted by Crippen LogP contribution is -2.16. The van der Waals surface area contributed by atoms with Crippen LogP contribution in [0.3, 0.4) is 0 Å². The van der Waals surface area contributed by atoms with E-state index in [4.69, 9.17) is 9.47 Å². The molecule has 12 heteroatoms. The highest BCUT2D eigenvalue weighted by atomic mass is 32.2. The molecule has 0 bridgehead atoms. The van der Waals surface area contributed by atoms with Crippen LogP contribution in [0.4, 0.5) is 18.3 Å². The molecule has 2 heterocycles. The van der Waals surface area contributed by atoms with Gasteiger partial charge in [-0.05, 0) is 65.4 Å². The van der Waals surface area contributed by atoms with E-state index in [1.807, 2.05) is 47.8 Å². The van der Waals surface area contributed by atoms with Gasteiger partial charge in [-0.2, -0.15) is 13.2 Å². The van der Waals surface area contributed by atoms with Crippen LogP contribution in [0.1, 0.15) is 16.7 Å². The average Bonchev–Trinajstić information content (AvgIpc) is 3.55. The van der Waals surface area contributed by atoms with Crippen molar-refractivity contribution in [1.82, 2.24) is 9.97 Å². The number of aromatic nitrogens is 2. The first-order valence-electron chi connectivity index (χ1n) is 13.1. The van der Waals surface area contributed by atoms with Crippen molar-refractivity contribution in [3.8, 4) is 22.8 Å². The summed E-state index contributed by atoms with van der Waals surface area (Å²) in [5, 5.41) is 23.7. The molecule has 0 radical (unpaired) electrons. The number of anilines is 1. The maximum absolute atomic E-state index is 13.5. The lowest BCUT2D eigenvalue weighted by Gasteiger charge is -2.22. The third kappa shape index (κ3) is 7.04. The number of nitrogens with zero attached hydrogens (tertiary/aromatic N) is 3. The van der Waals surface area contributed by atoms with Gasteiger partial charge < -0.3 is 19.7 Å². The van der Waals surface area contributed by atoms with Gasteiger partial charge in [0.2, 0.25) is 0 Å². The van der Waals surface area contributed by atoms with Crippen molar-refractivity contribution in [1.29, 1.82) is 0 Å². The molecule has 224 valence electrons. The predicted octanol–water partition coefficient (Wildman–Crippen LogP) is 7.00. The molecule has 0 aliphatic rings. The van der Waals surface area contributed by atoms with Crippen LogP contribution in [0.25, 0.3) is 22.0 Å². The van der Waals surface area contributed by atoms with Crippen LogP contribution in [0.15, 0.2) is 83.3 Å². The number of fused-ring (bicyclic) bond motifs is 1. The lowest BCUT2D eigenvalue weighted by atomic mass is 9.94. The number of methoxy groups -OCH3 is 2. The van der Waals surface area contributed by atoms with Gasteiger partial charge in [0.15, 0.2) is 5.13 Å². The van der Waals surface area contributed by atoms with Crippen LogP contribution in [0.5, 0.6) is 11.5 Å². The molecule has 5 rings (SSSR count). The standard InChI is InChI=1S/C31H28F3N3O4S2/c1-40-24-5-3-20(28(16-24)41-2)17-37(30-36-11-12-42-30)43-25-6-8-26-19(15-25)9-10-35-29(26)27-7-4-22(31(32,33)34)13-21(27)14-23(39)18-38/h3-13,15-16,23,38-39H,14,17-18H2,1-2H3. The minimum absolute atomic E-state index is 0.153. The molecule has 3 aromatic carbocycles. The number of rotatable bonds is 11. The van der Waals surface area contributed by atoms with E-state index in [0.717, 1.165) is 38.5 Å².